The van der Waals surface area contributed by atoms with Crippen molar-refractivity contribution in [2.24, 2.45) is 0 Å². The van der Waals surface area contributed by atoms with Gasteiger partial charge in [0.1, 0.15) is 11.4 Å². The van der Waals surface area contributed by atoms with E-state index in [1.807, 2.05) is 48.7 Å². The number of nitrogens with zero attached hydrogens (tertiary/aromatic N) is 3. The first-order valence-corrected chi connectivity index (χ1v) is 9.67. The molecule has 4 aromatic rings. The van der Waals surface area contributed by atoms with Gasteiger partial charge in [0.2, 0.25) is 11.7 Å². The van der Waals surface area contributed by atoms with E-state index in [2.05, 4.69) is 14.9 Å². The van der Waals surface area contributed by atoms with E-state index in [1.165, 1.54) is 0 Å². The highest BCUT2D eigenvalue weighted by Gasteiger charge is 2.14. The predicted molar refractivity (Wildman–Crippen MR) is 119 cm³/mol. The van der Waals surface area contributed by atoms with Gasteiger partial charge in [-0.05, 0) is 12.1 Å². The van der Waals surface area contributed by atoms with Crippen molar-refractivity contribution in [1.29, 1.82) is 0 Å². The molecular weight excluding hydrogens is 396 g/mol. The van der Waals surface area contributed by atoms with Crippen LogP contribution in [0.1, 0.15) is 5.56 Å². The van der Waals surface area contributed by atoms with E-state index in [0.717, 1.165) is 28.0 Å². The quantitative estimate of drug-likeness (QED) is 0.456. The minimum absolute atomic E-state index is 0.460. The molecule has 0 aliphatic rings. The maximum absolute atomic E-state index is 5.48. The number of hydrogen-bond donors (Lipinski definition) is 1. The Balaban J connectivity index is 1.66. The monoisotopic (exact) mass is 420 g/mol. The van der Waals surface area contributed by atoms with E-state index in [0.29, 0.717) is 29.7 Å². The van der Waals surface area contributed by atoms with Gasteiger partial charge in [-0.3, -0.25) is 0 Å². The second-order valence-electron chi connectivity index (χ2n) is 6.77. The van der Waals surface area contributed by atoms with Gasteiger partial charge in [-0.1, -0.05) is 18.2 Å². The zero-order valence-electron chi connectivity index (χ0n) is 17.9. The molecule has 0 atom stereocenters. The minimum Gasteiger partial charge on any atom is -0.496 e. The number of hydrogen-bond acceptors (Lipinski definition) is 7. The van der Waals surface area contributed by atoms with Crippen molar-refractivity contribution in [3.63, 3.8) is 0 Å². The normalized spacial score (nSPS) is 10.7. The van der Waals surface area contributed by atoms with E-state index in [4.69, 9.17) is 23.9 Å². The third kappa shape index (κ3) is 4.05. The number of fused-ring (bicyclic) bond motifs is 1. The van der Waals surface area contributed by atoms with Crippen molar-refractivity contribution < 1.29 is 18.9 Å². The molecule has 0 aliphatic carbocycles. The lowest BCUT2D eigenvalue weighted by Crippen LogP contribution is -2.04. The van der Waals surface area contributed by atoms with Crippen molar-refractivity contribution in [3.05, 3.63) is 60.4 Å². The molecule has 0 saturated heterocycles. The number of nitrogens with one attached hydrogen (secondary N) is 1. The van der Waals surface area contributed by atoms with Crippen molar-refractivity contribution in [2.75, 3.05) is 33.8 Å². The Bertz CT molecular complexity index is 1180. The Morgan fingerprint density at radius 3 is 2.26 bits per heavy atom. The van der Waals surface area contributed by atoms with Crippen molar-refractivity contribution >= 4 is 22.7 Å². The summed E-state index contributed by atoms with van der Waals surface area (Å²) in [5.41, 5.74) is 2.60. The van der Waals surface area contributed by atoms with Gasteiger partial charge in [0.25, 0.3) is 0 Å². The third-order valence-electron chi connectivity index (χ3n) is 4.96. The van der Waals surface area contributed by atoms with Gasteiger partial charge in [-0.25, -0.2) is 4.98 Å². The summed E-state index contributed by atoms with van der Waals surface area (Å²) in [6.07, 6.45) is 3.79. The van der Waals surface area contributed by atoms with Crippen molar-refractivity contribution in [3.8, 4) is 23.0 Å². The zero-order valence-corrected chi connectivity index (χ0v) is 17.9. The summed E-state index contributed by atoms with van der Waals surface area (Å²) in [5.74, 6) is 2.92. The van der Waals surface area contributed by atoms with Crippen LogP contribution in [-0.2, 0) is 6.54 Å². The van der Waals surface area contributed by atoms with Crippen LogP contribution in [0.2, 0.25) is 0 Å². The molecule has 0 spiro atoms. The van der Waals surface area contributed by atoms with Crippen LogP contribution in [0.5, 0.6) is 23.0 Å². The van der Waals surface area contributed by atoms with Crippen LogP contribution in [0.3, 0.4) is 0 Å². The summed E-state index contributed by atoms with van der Waals surface area (Å²) < 4.78 is 23.8. The number of rotatable bonds is 8. The van der Waals surface area contributed by atoms with Gasteiger partial charge >= 0.3 is 0 Å². The Morgan fingerprint density at radius 1 is 0.871 bits per heavy atom. The number of anilines is 2. The first kappa shape index (κ1) is 20.3. The summed E-state index contributed by atoms with van der Waals surface area (Å²) in [4.78, 5) is 9.16. The lowest BCUT2D eigenvalue weighted by atomic mass is 10.2. The summed E-state index contributed by atoms with van der Waals surface area (Å²) in [6, 6.07) is 13.6. The second kappa shape index (κ2) is 8.83. The molecule has 0 aliphatic heterocycles. The summed E-state index contributed by atoms with van der Waals surface area (Å²) >= 11 is 0. The molecule has 8 heteroatoms. The topological polar surface area (TPSA) is 79.7 Å². The fourth-order valence-corrected chi connectivity index (χ4v) is 3.46. The average molecular weight is 420 g/mol. The molecule has 31 heavy (non-hydrogen) atoms. The molecule has 0 unspecified atom stereocenters. The van der Waals surface area contributed by atoms with Crippen LogP contribution in [0.4, 0.5) is 11.6 Å². The molecule has 2 aromatic heterocycles. The number of aromatic nitrogens is 3. The van der Waals surface area contributed by atoms with Crippen LogP contribution in [0.15, 0.2) is 54.9 Å². The minimum atomic E-state index is 0.460. The highest BCUT2D eigenvalue weighted by Crippen LogP contribution is 2.40. The summed E-state index contributed by atoms with van der Waals surface area (Å²) in [5, 5.41) is 4.17. The van der Waals surface area contributed by atoms with Crippen LogP contribution >= 0.6 is 0 Å². The molecule has 4 rings (SSSR count). The van der Waals surface area contributed by atoms with Crippen LogP contribution in [-0.4, -0.2) is 43.0 Å². The third-order valence-corrected chi connectivity index (χ3v) is 4.96. The van der Waals surface area contributed by atoms with E-state index in [1.54, 1.807) is 34.6 Å². The molecular formula is C23H24N4O4. The maximum Gasteiger partial charge on any atom is 0.229 e. The van der Waals surface area contributed by atoms with E-state index in [-0.39, 0.29) is 0 Å². The predicted octanol–water partition coefficient (Wildman–Crippen LogP) is 4.26. The number of methoxy groups -OCH3 is 4. The van der Waals surface area contributed by atoms with Crippen LogP contribution in [0.25, 0.3) is 11.0 Å². The standard InChI is InChI=1S/C23H24N4O4/c1-28-18-8-6-5-7-16(18)14-27-10-9-15-13-24-23(26-22(15)27)25-17-11-19(29-2)21(31-4)20(12-17)30-3/h5-13H,14H2,1-4H3,(H,24,25,26). The molecule has 160 valence electrons. The van der Waals surface area contributed by atoms with Gasteiger partial charge in [0.15, 0.2) is 11.5 Å². The molecule has 2 heterocycles. The molecule has 8 nitrogen and oxygen atoms in total. The van der Waals surface area contributed by atoms with Gasteiger partial charge in [-0.15, -0.1) is 0 Å². The fourth-order valence-electron chi connectivity index (χ4n) is 3.46. The van der Waals surface area contributed by atoms with Gasteiger partial charge in [0, 0.05) is 41.2 Å². The SMILES string of the molecule is COc1ccccc1Cn1ccc2cnc(Nc3cc(OC)c(OC)c(OC)c3)nc21. The summed E-state index contributed by atoms with van der Waals surface area (Å²) in [6.45, 7) is 0.633. The Hall–Kier alpha value is -3.94. The van der Waals surface area contributed by atoms with Crippen LogP contribution in [0, 0.1) is 0 Å². The Labute approximate surface area is 180 Å². The molecule has 0 saturated carbocycles. The molecule has 0 radical (unpaired) electrons. The van der Waals surface area contributed by atoms with E-state index < -0.39 is 0 Å². The highest BCUT2D eigenvalue weighted by molar-refractivity contribution is 5.77. The highest BCUT2D eigenvalue weighted by atomic mass is 16.5. The fraction of sp³-hybridized carbons (Fsp3) is 0.217. The average Bonchev–Trinajstić information content (AvgIpc) is 3.20. The summed E-state index contributed by atoms with van der Waals surface area (Å²) in [7, 11) is 6.40. The van der Waals surface area contributed by atoms with E-state index in [9.17, 15) is 0 Å². The second-order valence-corrected chi connectivity index (χ2v) is 6.77. The molecule has 0 fully saturated rings. The zero-order chi connectivity index (χ0) is 21.8. The van der Waals surface area contributed by atoms with Crippen molar-refractivity contribution in [2.45, 2.75) is 6.54 Å². The van der Waals surface area contributed by atoms with Crippen molar-refractivity contribution in [1.82, 2.24) is 14.5 Å². The largest absolute Gasteiger partial charge is 0.496 e. The smallest absolute Gasteiger partial charge is 0.229 e. The van der Waals surface area contributed by atoms with Crippen LogP contribution < -0.4 is 24.3 Å². The lowest BCUT2D eigenvalue weighted by molar-refractivity contribution is 0.324. The first-order valence-electron chi connectivity index (χ1n) is 9.67. The number of benzene rings is 2. The Kier molecular flexibility index (Phi) is 5.79. The molecule has 0 amide bonds. The van der Waals surface area contributed by atoms with Gasteiger partial charge in [-0.2, -0.15) is 4.98 Å². The van der Waals surface area contributed by atoms with E-state index >= 15 is 0 Å². The number of para-hydroxylation sites is 1. The molecule has 2 aromatic carbocycles. The molecule has 1 N–H and O–H groups in total. The molecule has 0 bridgehead atoms. The van der Waals surface area contributed by atoms with Gasteiger partial charge in [0.05, 0.1) is 35.0 Å². The maximum atomic E-state index is 5.48. The number of ether oxygens (including phenoxy) is 4. The van der Waals surface area contributed by atoms with Gasteiger partial charge < -0.3 is 28.8 Å². The first-order chi connectivity index (χ1) is 15.2. The Morgan fingerprint density at radius 2 is 1.58 bits per heavy atom. The lowest BCUT2D eigenvalue weighted by Gasteiger charge is -2.14.